The Morgan fingerprint density at radius 2 is 1.49 bits per heavy atom. The van der Waals surface area contributed by atoms with E-state index in [2.05, 4.69) is 16.0 Å². The number of amides is 3. The number of carboxylic acids is 1. The molecule has 3 amide bonds. The van der Waals surface area contributed by atoms with Crippen LogP contribution >= 0.6 is 0 Å². The number of hydrogen-bond acceptors (Lipinski definition) is 6. The number of fused-ring (bicyclic) bond motifs is 1. The number of carbonyl (C=O) groups excluding carboxylic acids is 4. The van der Waals surface area contributed by atoms with Crippen LogP contribution in [0.2, 0.25) is 0 Å². The Hall–Kier alpha value is -4.73. The van der Waals surface area contributed by atoms with E-state index in [4.69, 9.17) is 9.84 Å². The highest BCUT2D eigenvalue weighted by atomic mass is 16.5. The van der Waals surface area contributed by atoms with Gasteiger partial charge in [-0.25, -0.2) is 0 Å². The maximum atomic E-state index is 12.9. The molecule has 0 aliphatic rings. The fourth-order valence-corrected chi connectivity index (χ4v) is 3.83. The third-order valence-electron chi connectivity index (χ3n) is 5.77. The average molecular weight is 534 g/mol. The summed E-state index contributed by atoms with van der Waals surface area (Å²) >= 11 is 0. The Morgan fingerprint density at radius 3 is 2.23 bits per heavy atom. The molecule has 204 valence electrons. The number of aliphatic carboxylic acids is 1. The number of esters is 1. The van der Waals surface area contributed by atoms with Crippen LogP contribution in [0.15, 0.2) is 72.8 Å². The summed E-state index contributed by atoms with van der Waals surface area (Å²) in [7, 11) is 0. The molecule has 0 bridgehead atoms. The minimum Gasteiger partial charge on any atom is -0.481 e. The molecule has 10 heteroatoms. The van der Waals surface area contributed by atoms with Gasteiger partial charge in [-0.3, -0.25) is 24.0 Å². The van der Waals surface area contributed by atoms with Gasteiger partial charge in [0, 0.05) is 6.42 Å². The summed E-state index contributed by atoms with van der Waals surface area (Å²) in [5.74, 6) is -3.13. The SMILES string of the molecule is O=C(O)CCC(=O)OCCNC(=O)CNC(=O)C(Cc1ccccc1)NC(=O)Cc1ccc2ccccc2c1. The van der Waals surface area contributed by atoms with E-state index in [9.17, 15) is 24.0 Å². The topological polar surface area (TPSA) is 151 Å². The fourth-order valence-electron chi connectivity index (χ4n) is 3.83. The van der Waals surface area contributed by atoms with Crippen molar-refractivity contribution in [3.63, 3.8) is 0 Å². The lowest BCUT2D eigenvalue weighted by Gasteiger charge is -2.19. The first-order valence-corrected chi connectivity index (χ1v) is 12.5. The second-order valence-electron chi connectivity index (χ2n) is 8.85. The Bertz CT molecular complexity index is 1310. The highest BCUT2D eigenvalue weighted by molar-refractivity contribution is 5.91. The maximum Gasteiger partial charge on any atom is 0.306 e. The van der Waals surface area contributed by atoms with Gasteiger partial charge in [-0.2, -0.15) is 0 Å². The first-order chi connectivity index (χ1) is 18.8. The molecule has 39 heavy (non-hydrogen) atoms. The van der Waals surface area contributed by atoms with Crippen LogP contribution in [-0.2, 0) is 41.6 Å². The number of carboxylic acid groups (broad SMARTS) is 1. The molecule has 10 nitrogen and oxygen atoms in total. The van der Waals surface area contributed by atoms with Gasteiger partial charge in [0.1, 0.15) is 12.6 Å². The number of ether oxygens (including phenoxy) is 1. The molecule has 0 aliphatic carbocycles. The third kappa shape index (κ3) is 10.3. The van der Waals surface area contributed by atoms with E-state index < -0.39 is 29.8 Å². The van der Waals surface area contributed by atoms with Gasteiger partial charge in [0.25, 0.3) is 0 Å². The van der Waals surface area contributed by atoms with Crippen molar-refractivity contribution < 1.29 is 33.8 Å². The molecular formula is C29H31N3O7. The van der Waals surface area contributed by atoms with Gasteiger partial charge in [0.2, 0.25) is 17.7 Å². The Labute approximate surface area is 225 Å². The fraction of sp³-hybridized carbons (Fsp3) is 0.276. The van der Waals surface area contributed by atoms with Gasteiger partial charge in [0.15, 0.2) is 0 Å². The highest BCUT2D eigenvalue weighted by Crippen LogP contribution is 2.16. The monoisotopic (exact) mass is 533 g/mol. The minimum absolute atomic E-state index is 0.00343. The zero-order chi connectivity index (χ0) is 28.0. The van der Waals surface area contributed by atoms with Crippen LogP contribution in [0.25, 0.3) is 10.8 Å². The second-order valence-corrected chi connectivity index (χ2v) is 8.85. The van der Waals surface area contributed by atoms with Crippen molar-refractivity contribution in [2.45, 2.75) is 31.7 Å². The first kappa shape index (κ1) is 28.8. The molecule has 3 aromatic carbocycles. The molecule has 4 N–H and O–H groups in total. The molecule has 0 spiro atoms. The quantitative estimate of drug-likeness (QED) is 0.182. The van der Waals surface area contributed by atoms with E-state index in [1.807, 2.05) is 72.8 Å². The smallest absolute Gasteiger partial charge is 0.306 e. The van der Waals surface area contributed by atoms with Crippen LogP contribution in [0.5, 0.6) is 0 Å². The summed E-state index contributed by atoms with van der Waals surface area (Å²) in [5, 5.41) is 18.5. The second kappa shape index (κ2) is 14.9. The molecule has 3 aromatic rings. The van der Waals surface area contributed by atoms with Crippen LogP contribution in [0.4, 0.5) is 0 Å². The van der Waals surface area contributed by atoms with E-state index >= 15 is 0 Å². The van der Waals surface area contributed by atoms with Gasteiger partial charge >= 0.3 is 11.9 Å². The van der Waals surface area contributed by atoms with Gasteiger partial charge in [-0.05, 0) is 21.9 Å². The number of rotatable bonds is 14. The molecule has 1 atom stereocenters. The van der Waals surface area contributed by atoms with Crippen LogP contribution in [0.1, 0.15) is 24.0 Å². The van der Waals surface area contributed by atoms with Crippen molar-refractivity contribution >= 4 is 40.4 Å². The molecule has 0 saturated carbocycles. The summed E-state index contributed by atoms with van der Waals surface area (Å²) in [6.45, 7) is -0.458. The van der Waals surface area contributed by atoms with Crippen LogP contribution in [-0.4, -0.2) is 60.5 Å². The molecule has 0 aliphatic heterocycles. The summed E-state index contributed by atoms with van der Waals surface area (Å²) in [4.78, 5) is 59.8. The Balaban J connectivity index is 1.50. The molecule has 1 unspecified atom stereocenters. The minimum atomic E-state index is -1.11. The molecular weight excluding hydrogens is 502 g/mol. The van der Waals surface area contributed by atoms with E-state index in [0.717, 1.165) is 21.9 Å². The summed E-state index contributed by atoms with van der Waals surface area (Å²) < 4.78 is 4.84. The highest BCUT2D eigenvalue weighted by Gasteiger charge is 2.22. The van der Waals surface area contributed by atoms with Crippen molar-refractivity contribution in [1.29, 1.82) is 0 Å². The standard InChI is InChI=1S/C29H31N3O7/c33-25(18-21-10-11-22-8-4-5-9-23(22)16-21)32-24(17-20-6-2-1-3-7-20)29(38)31-19-26(34)30-14-15-39-28(37)13-12-27(35)36/h1-11,16,24H,12-15,17-19H2,(H,30,34)(H,31,38)(H,32,33)(H,35,36). The number of nitrogens with one attached hydrogen (secondary N) is 3. The number of carbonyl (C=O) groups is 5. The van der Waals surface area contributed by atoms with Crippen LogP contribution in [0.3, 0.4) is 0 Å². The third-order valence-corrected chi connectivity index (χ3v) is 5.77. The van der Waals surface area contributed by atoms with E-state index in [1.165, 1.54) is 0 Å². The van der Waals surface area contributed by atoms with E-state index in [-0.39, 0.29) is 51.3 Å². The molecule has 0 radical (unpaired) electrons. The average Bonchev–Trinajstić information content (AvgIpc) is 2.93. The largest absolute Gasteiger partial charge is 0.481 e. The summed E-state index contributed by atoms with van der Waals surface area (Å²) in [5.41, 5.74) is 1.66. The van der Waals surface area contributed by atoms with Crippen molar-refractivity contribution in [2.75, 3.05) is 19.7 Å². The predicted octanol–water partition coefficient (Wildman–Crippen LogP) is 1.75. The van der Waals surface area contributed by atoms with Crippen LogP contribution in [0, 0.1) is 0 Å². The van der Waals surface area contributed by atoms with Crippen molar-refractivity contribution in [2.24, 2.45) is 0 Å². The normalized spacial score (nSPS) is 11.3. The molecule has 0 aromatic heterocycles. The lowest BCUT2D eigenvalue weighted by molar-refractivity contribution is -0.147. The number of hydrogen-bond donors (Lipinski definition) is 4. The van der Waals surface area contributed by atoms with Crippen molar-refractivity contribution in [1.82, 2.24) is 16.0 Å². The Morgan fingerprint density at radius 1 is 0.769 bits per heavy atom. The molecule has 0 heterocycles. The zero-order valence-electron chi connectivity index (χ0n) is 21.4. The number of benzene rings is 3. The van der Waals surface area contributed by atoms with E-state index in [0.29, 0.717) is 0 Å². The van der Waals surface area contributed by atoms with Crippen molar-refractivity contribution in [3.8, 4) is 0 Å². The maximum absolute atomic E-state index is 12.9. The van der Waals surface area contributed by atoms with Gasteiger partial charge < -0.3 is 25.8 Å². The first-order valence-electron chi connectivity index (χ1n) is 12.5. The van der Waals surface area contributed by atoms with Gasteiger partial charge in [0.05, 0.1) is 32.4 Å². The van der Waals surface area contributed by atoms with Gasteiger partial charge in [-0.1, -0.05) is 72.8 Å². The lowest BCUT2D eigenvalue weighted by Crippen LogP contribution is -2.50. The Kier molecular flexibility index (Phi) is 11.0. The van der Waals surface area contributed by atoms with Crippen molar-refractivity contribution in [3.05, 3.63) is 83.9 Å². The summed E-state index contributed by atoms with van der Waals surface area (Å²) in [6.07, 6.45) is -0.256. The molecule has 3 rings (SSSR count). The molecule has 0 saturated heterocycles. The summed E-state index contributed by atoms with van der Waals surface area (Å²) in [6, 6.07) is 21.9. The van der Waals surface area contributed by atoms with Gasteiger partial charge in [-0.15, -0.1) is 0 Å². The van der Waals surface area contributed by atoms with E-state index in [1.54, 1.807) is 0 Å². The molecule has 0 fully saturated rings. The van der Waals surface area contributed by atoms with Crippen LogP contribution < -0.4 is 16.0 Å². The predicted molar refractivity (Wildman–Crippen MR) is 144 cm³/mol. The lowest BCUT2D eigenvalue weighted by atomic mass is 10.0. The zero-order valence-corrected chi connectivity index (χ0v) is 21.4.